The van der Waals surface area contributed by atoms with Gasteiger partial charge >= 0.3 is 0 Å². The number of carbonyl (C=O) groups excluding carboxylic acids is 1. The molecule has 6 heteroatoms. The van der Waals surface area contributed by atoms with Crippen LogP contribution in [0, 0.1) is 13.8 Å². The van der Waals surface area contributed by atoms with Gasteiger partial charge in [0.1, 0.15) is 0 Å². The third-order valence-electron chi connectivity index (χ3n) is 5.18. The van der Waals surface area contributed by atoms with Crippen molar-refractivity contribution in [3.8, 4) is 0 Å². The molecule has 2 aromatic carbocycles. The summed E-state index contributed by atoms with van der Waals surface area (Å²) in [4.78, 5) is 14.3. The van der Waals surface area contributed by atoms with Crippen LogP contribution in [0.4, 0.5) is 11.4 Å². The van der Waals surface area contributed by atoms with Crippen molar-refractivity contribution < 1.29 is 13.2 Å². The maximum atomic E-state index is 13.0. The molecule has 1 N–H and O–H groups in total. The Labute approximate surface area is 154 Å². The third-order valence-corrected chi connectivity index (χ3v) is 6.53. The number of anilines is 2. The number of sulfonamides is 1. The van der Waals surface area contributed by atoms with Gasteiger partial charge in [0, 0.05) is 13.0 Å². The zero-order valence-electron chi connectivity index (χ0n) is 15.0. The molecule has 136 valence electrons. The predicted octanol–water partition coefficient (Wildman–Crippen LogP) is 3.33. The Morgan fingerprint density at radius 2 is 1.73 bits per heavy atom. The molecule has 0 atom stereocenters. The first-order valence-corrected chi connectivity index (χ1v) is 10.4. The first-order chi connectivity index (χ1) is 12.3. The number of carbonyl (C=O) groups is 1. The van der Waals surface area contributed by atoms with Crippen molar-refractivity contribution in [3.63, 3.8) is 0 Å². The maximum Gasteiger partial charge on any atom is 0.261 e. The second-order valence-electron chi connectivity index (χ2n) is 7.16. The summed E-state index contributed by atoms with van der Waals surface area (Å²) in [6.07, 6.45) is 2.72. The number of benzene rings is 2. The molecule has 0 fully saturated rings. The van der Waals surface area contributed by atoms with Crippen LogP contribution in [0.25, 0.3) is 0 Å². The molecule has 4 rings (SSSR count). The normalized spacial score (nSPS) is 16.4. The van der Waals surface area contributed by atoms with Gasteiger partial charge in [0.2, 0.25) is 5.91 Å². The highest BCUT2D eigenvalue weighted by atomic mass is 32.2. The van der Waals surface area contributed by atoms with E-state index >= 15 is 0 Å². The van der Waals surface area contributed by atoms with E-state index in [0.29, 0.717) is 18.5 Å². The lowest BCUT2D eigenvalue weighted by molar-refractivity contribution is -0.119. The number of hydrogen-bond acceptors (Lipinski definition) is 3. The fourth-order valence-electron chi connectivity index (χ4n) is 3.91. The molecular weight excluding hydrogens is 348 g/mol. The van der Waals surface area contributed by atoms with E-state index in [2.05, 4.69) is 4.72 Å². The van der Waals surface area contributed by atoms with Crippen molar-refractivity contribution in [1.29, 1.82) is 0 Å². The number of nitrogens with one attached hydrogen (secondary N) is 1. The lowest BCUT2D eigenvalue weighted by Gasteiger charge is -2.35. The summed E-state index contributed by atoms with van der Waals surface area (Å²) in [6.45, 7) is 4.60. The van der Waals surface area contributed by atoms with Crippen molar-refractivity contribution in [2.75, 3.05) is 16.2 Å². The van der Waals surface area contributed by atoms with Gasteiger partial charge < -0.3 is 4.90 Å². The molecular formula is C20H22N2O3S. The van der Waals surface area contributed by atoms with Gasteiger partial charge in [-0.05, 0) is 68.0 Å². The Kier molecular flexibility index (Phi) is 4.03. The molecule has 2 heterocycles. The summed E-state index contributed by atoms with van der Waals surface area (Å²) >= 11 is 0. The second-order valence-corrected chi connectivity index (χ2v) is 8.85. The van der Waals surface area contributed by atoms with E-state index in [1.807, 2.05) is 30.9 Å². The van der Waals surface area contributed by atoms with E-state index in [9.17, 15) is 13.2 Å². The minimum atomic E-state index is -3.68. The van der Waals surface area contributed by atoms with Crippen molar-refractivity contribution in [1.82, 2.24) is 0 Å². The summed E-state index contributed by atoms with van der Waals surface area (Å²) in [5.41, 5.74) is 5.44. The van der Waals surface area contributed by atoms with Gasteiger partial charge in [-0.3, -0.25) is 9.52 Å². The SMILES string of the molecule is Cc1ccc(NS(=O)(=O)c2cc3c4c(c2)CCC(=O)N4CCC3)c(C)c1. The summed E-state index contributed by atoms with van der Waals surface area (Å²) in [5, 5.41) is 0. The first-order valence-electron chi connectivity index (χ1n) is 8.91. The highest BCUT2D eigenvalue weighted by Crippen LogP contribution is 2.38. The Balaban J connectivity index is 1.75. The second kappa shape index (κ2) is 6.13. The van der Waals surface area contributed by atoms with Crippen molar-refractivity contribution in [3.05, 3.63) is 52.6 Å². The van der Waals surface area contributed by atoms with Crippen LogP contribution in [-0.4, -0.2) is 20.9 Å². The topological polar surface area (TPSA) is 66.5 Å². The third kappa shape index (κ3) is 2.88. The van der Waals surface area contributed by atoms with E-state index in [4.69, 9.17) is 0 Å². The molecule has 2 aliphatic rings. The van der Waals surface area contributed by atoms with Gasteiger partial charge in [-0.25, -0.2) is 8.42 Å². The van der Waals surface area contributed by atoms with Crippen LogP contribution in [0.5, 0.6) is 0 Å². The van der Waals surface area contributed by atoms with Gasteiger partial charge in [0.15, 0.2) is 0 Å². The van der Waals surface area contributed by atoms with Crippen LogP contribution < -0.4 is 9.62 Å². The van der Waals surface area contributed by atoms with Crippen LogP contribution >= 0.6 is 0 Å². The van der Waals surface area contributed by atoms with Crippen LogP contribution in [0.2, 0.25) is 0 Å². The number of nitrogens with zero attached hydrogens (tertiary/aromatic N) is 1. The minimum Gasteiger partial charge on any atom is -0.312 e. The molecule has 0 spiro atoms. The summed E-state index contributed by atoms with van der Waals surface area (Å²) in [6, 6.07) is 9.11. The smallest absolute Gasteiger partial charge is 0.261 e. The first kappa shape index (κ1) is 17.1. The molecule has 26 heavy (non-hydrogen) atoms. The molecule has 0 saturated carbocycles. The summed E-state index contributed by atoms with van der Waals surface area (Å²) in [7, 11) is -3.68. The van der Waals surface area contributed by atoms with E-state index in [1.54, 1.807) is 18.2 Å². The van der Waals surface area contributed by atoms with E-state index in [-0.39, 0.29) is 10.8 Å². The summed E-state index contributed by atoms with van der Waals surface area (Å²) < 4.78 is 28.6. The van der Waals surface area contributed by atoms with Gasteiger partial charge in [0.25, 0.3) is 10.0 Å². The standard InChI is InChI=1S/C20H22N2O3S/c1-13-5-7-18(14(2)10-13)21-26(24,25)17-11-15-4-3-9-22-19(23)8-6-16(12-17)20(15)22/h5,7,10-12,21H,3-4,6,8-9H2,1-2H3. The fraction of sp³-hybridized carbons (Fsp3) is 0.350. The van der Waals surface area contributed by atoms with Crippen LogP contribution in [0.15, 0.2) is 35.2 Å². The predicted molar refractivity (Wildman–Crippen MR) is 102 cm³/mol. The molecule has 0 aliphatic carbocycles. The molecule has 0 radical (unpaired) electrons. The zero-order chi connectivity index (χ0) is 18.5. The lowest BCUT2D eigenvalue weighted by Crippen LogP contribution is -2.39. The van der Waals surface area contributed by atoms with Crippen molar-refractivity contribution >= 4 is 27.3 Å². The quantitative estimate of drug-likeness (QED) is 0.901. The average molecular weight is 370 g/mol. The molecule has 0 unspecified atom stereocenters. The molecule has 2 aromatic rings. The Morgan fingerprint density at radius 3 is 2.46 bits per heavy atom. The van der Waals surface area contributed by atoms with Crippen LogP contribution in [0.1, 0.15) is 35.1 Å². The van der Waals surface area contributed by atoms with Crippen molar-refractivity contribution in [2.24, 2.45) is 0 Å². The minimum absolute atomic E-state index is 0.141. The zero-order valence-corrected chi connectivity index (χ0v) is 15.8. The van der Waals surface area contributed by atoms with Crippen LogP contribution in [0.3, 0.4) is 0 Å². The summed E-state index contributed by atoms with van der Waals surface area (Å²) in [5.74, 6) is 0.141. The van der Waals surface area contributed by atoms with Gasteiger partial charge in [-0.2, -0.15) is 0 Å². The average Bonchev–Trinajstić information content (AvgIpc) is 2.60. The molecule has 5 nitrogen and oxygen atoms in total. The molecule has 0 aromatic heterocycles. The monoisotopic (exact) mass is 370 g/mol. The fourth-order valence-corrected chi connectivity index (χ4v) is 5.14. The molecule has 2 aliphatic heterocycles. The Hall–Kier alpha value is -2.34. The Bertz CT molecular complexity index is 995. The van der Waals surface area contributed by atoms with Crippen molar-refractivity contribution in [2.45, 2.75) is 44.4 Å². The van der Waals surface area contributed by atoms with Gasteiger partial charge in [0.05, 0.1) is 16.3 Å². The largest absolute Gasteiger partial charge is 0.312 e. The van der Waals surface area contributed by atoms with E-state index < -0.39 is 10.0 Å². The number of hydrogen-bond donors (Lipinski definition) is 1. The number of rotatable bonds is 3. The van der Waals surface area contributed by atoms with Crippen LogP contribution in [-0.2, 0) is 27.7 Å². The highest BCUT2D eigenvalue weighted by Gasteiger charge is 2.31. The van der Waals surface area contributed by atoms with Gasteiger partial charge in [-0.1, -0.05) is 17.7 Å². The van der Waals surface area contributed by atoms with E-state index in [1.165, 1.54) is 0 Å². The number of aryl methyl sites for hydroxylation is 4. The number of amides is 1. The van der Waals surface area contributed by atoms with Gasteiger partial charge in [-0.15, -0.1) is 0 Å². The molecule has 0 saturated heterocycles. The Morgan fingerprint density at radius 1 is 1.00 bits per heavy atom. The van der Waals surface area contributed by atoms with E-state index in [0.717, 1.165) is 47.3 Å². The maximum absolute atomic E-state index is 13.0. The lowest BCUT2D eigenvalue weighted by atomic mass is 9.92. The molecule has 0 bridgehead atoms. The molecule has 1 amide bonds. The highest BCUT2D eigenvalue weighted by molar-refractivity contribution is 7.92.